The fourth-order valence-corrected chi connectivity index (χ4v) is 4.19. The van der Waals surface area contributed by atoms with Crippen LogP contribution in [0.3, 0.4) is 0 Å². The maximum Gasteiger partial charge on any atom is 0.260 e. The molecule has 2 aliphatic heterocycles. The highest BCUT2D eigenvalue weighted by Crippen LogP contribution is 2.26. The number of benzene rings is 1. The summed E-state index contributed by atoms with van der Waals surface area (Å²) >= 11 is 6.07. The Hall–Kier alpha value is -1.30. The summed E-state index contributed by atoms with van der Waals surface area (Å²) in [5.41, 5.74) is 0. The van der Waals surface area contributed by atoms with Crippen molar-refractivity contribution in [1.29, 1.82) is 0 Å². The summed E-state index contributed by atoms with van der Waals surface area (Å²) in [4.78, 5) is 16.9. The van der Waals surface area contributed by atoms with Gasteiger partial charge in [0.15, 0.2) is 6.61 Å². The number of nitrogens with zero attached hydrogens (tertiary/aromatic N) is 2. The molecule has 1 N–H and O–H groups in total. The molecular weight excluding hydrogens is 352 g/mol. The first kappa shape index (κ1) is 19.5. The lowest BCUT2D eigenvalue weighted by Gasteiger charge is -2.26. The van der Waals surface area contributed by atoms with Gasteiger partial charge in [-0.2, -0.15) is 0 Å². The third-order valence-electron chi connectivity index (χ3n) is 5.54. The second-order valence-electron chi connectivity index (χ2n) is 7.44. The number of aliphatic hydroxyl groups excluding tert-OH is 1. The molecule has 2 saturated heterocycles. The van der Waals surface area contributed by atoms with Crippen molar-refractivity contribution in [3.63, 3.8) is 0 Å². The zero-order chi connectivity index (χ0) is 18.4. The predicted molar refractivity (Wildman–Crippen MR) is 103 cm³/mol. The van der Waals surface area contributed by atoms with Crippen LogP contribution >= 0.6 is 11.6 Å². The Morgan fingerprint density at radius 2 is 1.81 bits per heavy atom. The minimum atomic E-state index is -0.0401. The van der Waals surface area contributed by atoms with Gasteiger partial charge in [-0.3, -0.25) is 4.79 Å². The van der Waals surface area contributed by atoms with Gasteiger partial charge < -0.3 is 19.6 Å². The summed E-state index contributed by atoms with van der Waals surface area (Å²) in [5.74, 6) is 0.980. The topological polar surface area (TPSA) is 53.0 Å². The van der Waals surface area contributed by atoms with Crippen molar-refractivity contribution >= 4 is 17.5 Å². The van der Waals surface area contributed by atoms with Crippen LogP contribution in [0.15, 0.2) is 24.3 Å². The Labute approximate surface area is 160 Å². The van der Waals surface area contributed by atoms with Gasteiger partial charge in [-0.1, -0.05) is 36.6 Å². The smallest absolute Gasteiger partial charge is 0.260 e. The van der Waals surface area contributed by atoms with E-state index in [0.717, 1.165) is 19.6 Å². The number of amides is 1. The third-order valence-corrected chi connectivity index (χ3v) is 5.86. The molecule has 26 heavy (non-hydrogen) atoms. The second kappa shape index (κ2) is 9.58. The molecule has 6 heteroatoms. The maximum atomic E-state index is 12.5. The van der Waals surface area contributed by atoms with Crippen LogP contribution in [0.5, 0.6) is 5.75 Å². The Kier molecular flexibility index (Phi) is 7.17. The number of rotatable bonds is 6. The van der Waals surface area contributed by atoms with Gasteiger partial charge in [-0.05, 0) is 44.0 Å². The lowest BCUT2D eigenvalue weighted by Crippen LogP contribution is -2.36. The summed E-state index contributed by atoms with van der Waals surface area (Å²) < 4.78 is 5.59. The van der Waals surface area contributed by atoms with Crippen LogP contribution in [0.4, 0.5) is 0 Å². The summed E-state index contributed by atoms with van der Waals surface area (Å²) in [7, 11) is 0. The lowest BCUT2D eigenvalue weighted by atomic mass is 9.96. The van der Waals surface area contributed by atoms with Crippen LogP contribution in [-0.2, 0) is 4.79 Å². The van der Waals surface area contributed by atoms with E-state index in [1.807, 2.05) is 17.0 Å². The fourth-order valence-electron chi connectivity index (χ4n) is 4.00. The summed E-state index contributed by atoms with van der Waals surface area (Å²) in [6, 6.07) is 7.17. The largest absolute Gasteiger partial charge is 0.482 e. The summed E-state index contributed by atoms with van der Waals surface area (Å²) in [6.45, 7) is 4.68. The minimum absolute atomic E-state index is 0.0156. The molecule has 1 amide bonds. The highest BCUT2D eigenvalue weighted by Gasteiger charge is 2.35. The molecule has 5 nitrogen and oxygen atoms in total. The average Bonchev–Trinajstić information content (AvgIpc) is 2.88. The highest BCUT2D eigenvalue weighted by atomic mass is 35.5. The van der Waals surface area contributed by atoms with Gasteiger partial charge in [0, 0.05) is 32.2 Å². The normalized spacial score (nSPS) is 24.5. The molecule has 1 aromatic carbocycles. The van der Waals surface area contributed by atoms with Crippen molar-refractivity contribution in [2.45, 2.75) is 25.7 Å². The molecule has 0 aromatic heterocycles. The number of carbonyl (C=O) groups excluding carboxylic acids is 1. The van der Waals surface area contributed by atoms with E-state index in [0.29, 0.717) is 29.8 Å². The van der Waals surface area contributed by atoms with Crippen molar-refractivity contribution < 1.29 is 14.6 Å². The molecule has 0 spiro atoms. The highest BCUT2D eigenvalue weighted by molar-refractivity contribution is 6.32. The maximum absolute atomic E-state index is 12.5. The summed E-state index contributed by atoms with van der Waals surface area (Å²) in [5, 5.41) is 10.3. The Bertz CT molecular complexity index is 590. The van der Waals surface area contributed by atoms with Gasteiger partial charge >= 0.3 is 0 Å². The van der Waals surface area contributed by atoms with Gasteiger partial charge in [0.05, 0.1) is 5.02 Å². The fraction of sp³-hybridized carbons (Fsp3) is 0.650. The Morgan fingerprint density at radius 3 is 2.50 bits per heavy atom. The standard InChI is InChI=1S/C20H29ClN2O3/c21-18-7-3-4-8-19(18)26-15-20(25)23-12-16(17(13-23)14-24)11-22-9-5-1-2-6-10-22/h3-4,7-8,16-17,24H,1-2,5-6,9-15H2/t16-,17-/m1/s1. The number of likely N-dealkylation sites (tertiary alicyclic amines) is 2. The molecule has 2 fully saturated rings. The van der Waals surface area contributed by atoms with Gasteiger partial charge in [0.1, 0.15) is 5.75 Å². The first-order valence-corrected chi connectivity index (χ1v) is 10.0. The molecule has 2 aliphatic rings. The van der Waals surface area contributed by atoms with Gasteiger partial charge in [-0.15, -0.1) is 0 Å². The van der Waals surface area contributed by atoms with Crippen molar-refractivity contribution in [3.8, 4) is 5.75 Å². The molecule has 0 unspecified atom stereocenters. The molecule has 0 bridgehead atoms. The van der Waals surface area contributed by atoms with E-state index in [1.54, 1.807) is 12.1 Å². The second-order valence-corrected chi connectivity index (χ2v) is 7.84. The molecule has 144 valence electrons. The number of ether oxygens (including phenoxy) is 1. The SMILES string of the molecule is O=C(COc1ccccc1Cl)N1C[C@@H](CN2CCCCCC2)[C@@H](CO)C1. The van der Waals surface area contributed by atoms with E-state index < -0.39 is 0 Å². The molecular formula is C20H29ClN2O3. The lowest BCUT2D eigenvalue weighted by molar-refractivity contribution is -0.132. The van der Waals surface area contributed by atoms with E-state index in [-0.39, 0.29) is 25.0 Å². The van der Waals surface area contributed by atoms with E-state index in [1.165, 1.54) is 25.7 Å². The van der Waals surface area contributed by atoms with E-state index in [4.69, 9.17) is 16.3 Å². The molecule has 3 rings (SSSR count). The van der Waals surface area contributed by atoms with Crippen molar-refractivity contribution in [2.24, 2.45) is 11.8 Å². The number of hydrogen-bond donors (Lipinski definition) is 1. The Balaban J connectivity index is 1.52. The first-order valence-electron chi connectivity index (χ1n) is 9.65. The zero-order valence-corrected chi connectivity index (χ0v) is 16.0. The van der Waals surface area contributed by atoms with Crippen molar-refractivity contribution in [2.75, 3.05) is 45.9 Å². The molecule has 0 aliphatic carbocycles. The van der Waals surface area contributed by atoms with Gasteiger partial charge in [-0.25, -0.2) is 0 Å². The van der Waals surface area contributed by atoms with Crippen LogP contribution in [0.1, 0.15) is 25.7 Å². The summed E-state index contributed by atoms with van der Waals surface area (Å²) in [6.07, 6.45) is 5.14. The van der Waals surface area contributed by atoms with E-state index >= 15 is 0 Å². The van der Waals surface area contributed by atoms with Crippen molar-refractivity contribution in [1.82, 2.24) is 9.80 Å². The van der Waals surface area contributed by atoms with Crippen LogP contribution in [0.2, 0.25) is 5.02 Å². The van der Waals surface area contributed by atoms with Crippen LogP contribution in [0.25, 0.3) is 0 Å². The number of hydrogen-bond acceptors (Lipinski definition) is 4. The van der Waals surface area contributed by atoms with E-state index in [2.05, 4.69) is 4.90 Å². The predicted octanol–water partition coefficient (Wildman–Crippen LogP) is 2.66. The monoisotopic (exact) mass is 380 g/mol. The van der Waals surface area contributed by atoms with Gasteiger partial charge in [0.2, 0.25) is 0 Å². The number of carbonyl (C=O) groups is 1. The Morgan fingerprint density at radius 1 is 1.12 bits per heavy atom. The average molecular weight is 381 g/mol. The van der Waals surface area contributed by atoms with Crippen LogP contribution in [-0.4, -0.2) is 66.8 Å². The number of para-hydroxylation sites is 1. The number of aliphatic hydroxyl groups is 1. The zero-order valence-electron chi connectivity index (χ0n) is 15.3. The van der Waals surface area contributed by atoms with Crippen LogP contribution < -0.4 is 4.74 Å². The van der Waals surface area contributed by atoms with Crippen LogP contribution in [0, 0.1) is 11.8 Å². The third kappa shape index (κ3) is 5.12. The van der Waals surface area contributed by atoms with Crippen molar-refractivity contribution in [3.05, 3.63) is 29.3 Å². The number of halogens is 1. The molecule has 0 saturated carbocycles. The molecule has 2 heterocycles. The van der Waals surface area contributed by atoms with E-state index in [9.17, 15) is 9.90 Å². The minimum Gasteiger partial charge on any atom is -0.482 e. The molecule has 0 radical (unpaired) electrons. The first-order chi connectivity index (χ1) is 12.7. The van der Waals surface area contributed by atoms with Gasteiger partial charge in [0.25, 0.3) is 5.91 Å². The molecule has 1 aromatic rings. The quantitative estimate of drug-likeness (QED) is 0.824. The molecule has 2 atom stereocenters.